The summed E-state index contributed by atoms with van der Waals surface area (Å²) in [5.41, 5.74) is 15.9. The van der Waals surface area contributed by atoms with Crippen LogP contribution in [-0.4, -0.2) is 76.5 Å². The minimum atomic E-state index is -1.69. The van der Waals surface area contributed by atoms with Gasteiger partial charge in [0.25, 0.3) is 0 Å². The van der Waals surface area contributed by atoms with Crippen LogP contribution >= 0.6 is 0 Å². The van der Waals surface area contributed by atoms with Crippen LogP contribution in [-0.2, 0) is 28.8 Å². The summed E-state index contributed by atoms with van der Waals surface area (Å²) in [5.74, 6) is -6.27. The Bertz CT molecular complexity index is 686. The molecule has 14 heteroatoms. The average molecular weight is 446 g/mol. The molecule has 0 aliphatic heterocycles. The van der Waals surface area contributed by atoms with Gasteiger partial charge in [0.1, 0.15) is 18.1 Å². The van der Waals surface area contributed by atoms with Gasteiger partial charge in [0.2, 0.25) is 23.6 Å². The molecule has 0 rings (SSSR count). The summed E-state index contributed by atoms with van der Waals surface area (Å²) < 4.78 is 0. The number of aliphatic carboxylic acids is 2. The predicted molar refractivity (Wildman–Crippen MR) is 106 cm³/mol. The van der Waals surface area contributed by atoms with Crippen molar-refractivity contribution in [2.45, 2.75) is 63.2 Å². The minimum Gasteiger partial charge on any atom is -0.481 e. The summed E-state index contributed by atoms with van der Waals surface area (Å²) in [6, 6.07) is -5.30. The van der Waals surface area contributed by atoms with E-state index in [1.807, 2.05) is 0 Å². The van der Waals surface area contributed by atoms with Crippen LogP contribution in [0.15, 0.2) is 0 Å². The van der Waals surface area contributed by atoms with Gasteiger partial charge in [-0.05, 0) is 32.7 Å². The highest BCUT2D eigenvalue weighted by Crippen LogP contribution is 2.04. The van der Waals surface area contributed by atoms with Gasteiger partial charge in [0.15, 0.2) is 0 Å². The van der Waals surface area contributed by atoms with Gasteiger partial charge in [-0.3, -0.25) is 24.0 Å². The molecule has 0 saturated heterocycles. The summed E-state index contributed by atoms with van der Waals surface area (Å²) in [4.78, 5) is 69.6. The third kappa shape index (κ3) is 11.5. The number of carbonyl (C=O) groups excluding carboxylic acids is 4. The molecule has 0 aromatic carbocycles. The van der Waals surface area contributed by atoms with Gasteiger partial charge in [-0.25, -0.2) is 4.79 Å². The average Bonchev–Trinajstić information content (AvgIpc) is 2.65. The number of carbonyl (C=O) groups is 6. The third-order valence-corrected chi connectivity index (χ3v) is 4.08. The zero-order valence-electron chi connectivity index (χ0n) is 17.1. The van der Waals surface area contributed by atoms with E-state index in [1.165, 1.54) is 6.92 Å². The highest BCUT2D eigenvalue weighted by molar-refractivity contribution is 5.95. The Kier molecular flexibility index (Phi) is 12.4. The molecular formula is C17H30N6O8. The number of hydrogen-bond donors (Lipinski definition) is 8. The third-order valence-electron chi connectivity index (χ3n) is 4.08. The van der Waals surface area contributed by atoms with Crippen molar-refractivity contribution in [1.82, 2.24) is 16.0 Å². The van der Waals surface area contributed by atoms with Gasteiger partial charge in [0.05, 0.1) is 18.9 Å². The molecule has 4 unspecified atom stereocenters. The number of amides is 4. The minimum absolute atomic E-state index is 0.0933. The molecule has 14 nitrogen and oxygen atoms in total. The standard InChI is InChI=1S/C17H30N6O8/c1-8(21-15(28)9(19)6-12(20)24)14(27)22-10(4-2-3-5-18)16(29)23-11(17(30)31)7-13(25)26/h8-11H,2-7,18-19H2,1H3,(H2,20,24)(H,21,28)(H,22,27)(H,23,29)(H,25,26)(H,30,31). The van der Waals surface area contributed by atoms with Crippen LogP contribution in [0.5, 0.6) is 0 Å². The van der Waals surface area contributed by atoms with Crippen molar-refractivity contribution in [3.63, 3.8) is 0 Å². The Balaban J connectivity index is 5.14. The van der Waals surface area contributed by atoms with Crippen molar-refractivity contribution in [3.05, 3.63) is 0 Å². The van der Waals surface area contributed by atoms with E-state index in [2.05, 4.69) is 16.0 Å². The van der Waals surface area contributed by atoms with Crippen LogP contribution in [0.4, 0.5) is 0 Å². The van der Waals surface area contributed by atoms with E-state index in [0.29, 0.717) is 19.4 Å². The molecular weight excluding hydrogens is 416 g/mol. The van der Waals surface area contributed by atoms with Crippen molar-refractivity contribution in [2.75, 3.05) is 6.54 Å². The number of unbranched alkanes of at least 4 members (excludes halogenated alkanes) is 1. The number of primary amides is 1. The molecule has 0 fully saturated rings. The molecule has 4 atom stereocenters. The first-order chi connectivity index (χ1) is 14.4. The smallest absolute Gasteiger partial charge is 0.326 e. The molecule has 0 aliphatic rings. The SMILES string of the molecule is CC(NC(=O)C(N)CC(N)=O)C(=O)NC(CCCCN)C(=O)NC(CC(=O)O)C(=O)O. The maximum absolute atomic E-state index is 12.5. The summed E-state index contributed by atoms with van der Waals surface area (Å²) in [6.07, 6.45) is -0.254. The van der Waals surface area contributed by atoms with Crippen LogP contribution in [0.2, 0.25) is 0 Å². The lowest BCUT2D eigenvalue weighted by Crippen LogP contribution is -2.56. The van der Waals surface area contributed by atoms with Gasteiger partial charge in [-0.2, -0.15) is 0 Å². The van der Waals surface area contributed by atoms with Crippen LogP contribution in [0.1, 0.15) is 39.0 Å². The van der Waals surface area contributed by atoms with Crippen LogP contribution < -0.4 is 33.2 Å². The Hall–Kier alpha value is -3.26. The van der Waals surface area contributed by atoms with E-state index in [9.17, 15) is 28.8 Å². The first-order valence-electron chi connectivity index (χ1n) is 9.48. The molecule has 0 heterocycles. The molecule has 176 valence electrons. The zero-order chi connectivity index (χ0) is 24.1. The monoisotopic (exact) mass is 446 g/mol. The molecule has 11 N–H and O–H groups in total. The highest BCUT2D eigenvalue weighted by Gasteiger charge is 2.29. The molecule has 0 saturated carbocycles. The van der Waals surface area contributed by atoms with Crippen LogP contribution in [0.25, 0.3) is 0 Å². The lowest BCUT2D eigenvalue weighted by Gasteiger charge is -2.23. The summed E-state index contributed by atoms with van der Waals surface area (Å²) in [6.45, 7) is 1.63. The quantitative estimate of drug-likeness (QED) is 0.114. The second kappa shape index (κ2) is 13.9. The normalized spacial score (nSPS) is 14.4. The summed E-state index contributed by atoms with van der Waals surface area (Å²) >= 11 is 0. The molecule has 0 bridgehead atoms. The largest absolute Gasteiger partial charge is 0.481 e. The van der Waals surface area contributed by atoms with E-state index in [-0.39, 0.29) is 6.42 Å². The Morgan fingerprint density at radius 1 is 0.839 bits per heavy atom. The van der Waals surface area contributed by atoms with E-state index < -0.39 is 72.6 Å². The second-order valence-corrected chi connectivity index (χ2v) is 6.85. The number of nitrogens with two attached hydrogens (primary N) is 3. The molecule has 0 aliphatic carbocycles. The fourth-order valence-electron chi connectivity index (χ4n) is 2.40. The van der Waals surface area contributed by atoms with Crippen molar-refractivity contribution in [1.29, 1.82) is 0 Å². The van der Waals surface area contributed by atoms with Crippen LogP contribution in [0, 0.1) is 0 Å². The van der Waals surface area contributed by atoms with Gasteiger partial charge < -0.3 is 43.4 Å². The van der Waals surface area contributed by atoms with E-state index in [4.69, 9.17) is 27.4 Å². The lowest BCUT2D eigenvalue weighted by atomic mass is 10.1. The first kappa shape index (κ1) is 27.7. The van der Waals surface area contributed by atoms with Crippen molar-refractivity contribution in [3.8, 4) is 0 Å². The Morgan fingerprint density at radius 3 is 1.90 bits per heavy atom. The number of hydrogen-bond acceptors (Lipinski definition) is 8. The maximum atomic E-state index is 12.5. The van der Waals surface area contributed by atoms with Gasteiger partial charge >= 0.3 is 11.9 Å². The van der Waals surface area contributed by atoms with E-state index in [1.54, 1.807) is 0 Å². The molecule has 0 radical (unpaired) electrons. The number of nitrogens with one attached hydrogen (secondary N) is 3. The molecule has 4 amide bonds. The zero-order valence-corrected chi connectivity index (χ0v) is 17.1. The number of rotatable bonds is 15. The molecule has 0 aromatic rings. The van der Waals surface area contributed by atoms with Gasteiger partial charge in [0, 0.05) is 0 Å². The maximum Gasteiger partial charge on any atom is 0.326 e. The summed E-state index contributed by atoms with van der Waals surface area (Å²) in [7, 11) is 0. The highest BCUT2D eigenvalue weighted by atomic mass is 16.4. The topological polar surface area (TPSA) is 257 Å². The molecule has 0 aromatic heterocycles. The number of carboxylic acids is 2. The van der Waals surface area contributed by atoms with E-state index >= 15 is 0 Å². The van der Waals surface area contributed by atoms with Crippen LogP contribution in [0.3, 0.4) is 0 Å². The van der Waals surface area contributed by atoms with Gasteiger partial charge in [-0.15, -0.1) is 0 Å². The van der Waals surface area contributed by atoms with Crippen molar-refractivity contribution in [2.24, 2.45) is 17.2 Å². The van der Waals surface area contributed by atoms with E-state index in [0.717, 1.165) is 0 Å². The lowest BCUT2D eigenvalue weighted by molar-refractivity contribution is -0.147. The second-order valence-electron chi connectivity index (χ2n) is 6.85. The fourth-order valence-corrected chi connectivity index (χ4v) is 2.40. The summed E-state index contributed by atoms with van der Waals surface area (Å²) in [5, 5.41) is 24.6. The van der Waals surface area contributed by atoms with Crippen molar-refractivity contribution >= 4 is 35.6 Å². The Morgan fingerprint density at radius 2 is 1.42 bits per heavy atom. The molecule has 31 heavy (non-hydrogen) atoms. The van der Waals surface area contributed by atoms with Gasteiger partial charge in [-0.1, -0.05) is 0 Å². The van der Waals surface area contributed by atoms with Crippen molar-refractivity contribution < 1.29 is 39.0 Å². The predicted octanol–water partition coefficient (Wildman–Crippen LogP) is -3.65. The molecule has 0 spiro atoms. The number of carboxylic acid groups (broad SMARTS) is 2. The fraction of sp³-hybridized carbons (Fsp3) is 0.647. The first-order valence-corrected chi connectivity index (χ1v) is 9.48. The Labute approximate surface area is 178 Å².